The first-order valence-corrected chi connectivity index (χ1v) is 4.89. The number of hydrogen-bond acceptors (Lipinski definition) is 2. The van der Waals surface area contributed by atoms with Gasteiger partial charge in [0.2, 0.25) is 0 Å². The van der Waals surface area contributed by atoms with Crippen molar-refractivity contribution in [2.24, 2.45) is 5.73 Å². The summed E-state index contributed by atoms with van der Waals surface area (Å²) in [6.07, 6.45) is 3.99. The molecule has 1 heterocycles. The summed E-state index contributed by atoms with van der Waals surface area (Å²) in [4.78, 5) is 4.38. The number of aromatic nitrogens is 1. The Morgan fingerprint density at radius 2 is 2.15 bits per heavy atom. The molecule has 0 unspecified atom stereocenters. The topological polar surface area (TPSA) is 38.9 Å². The molecule has 2 nitrogen and oxygen atoms in total. The van der Waals surface area contributed by atoms with E-state index in [1.165, 1.54) is 5.56 Å². The van der Waals surface area contributed by atoms with E-state index in [1.54, 1.807) is 0 Å². The van der Waals surface area contributed by atoms with Gasteiger partial charge in [0.15, 0.2) is 0 Å². The summed E-state index contributed by atoms with van der Waals surface area (Å²) < 4.78 is 0. The zero-order valence-electron chi connectivity index (χ0n) is 8.46. The first kappa shape index (κ1) is 10.2. The van der Waals surface area contributed by atoms with Gasteiger partial charge in [-0.3, -0.25) is 4.98 Å². The van der Waals surface area contributed by atoms with Crippen molar-refractivity contribution in [1.82, 2.24) is 4.98 Å². The van der Waals surface area contributed by atoms with Crippen LogP contribution in [0.5, 0.6) is 0 Å². The molecule has 0 spiro atoms. The number of hydrogen-bond donors (Lipinski definition) is 1. The fourth-order valence-corrected chi connectivity index (χ4v) is 1.21. The number of nitrogens with two attached hydrogens (primary N) is 1. The Hall–Kier alpha value is -0.890. The zero-order valence-corrected chi connectivity index (χ0v) is 8.46. The normalized spacial score (nSPS) is 10.8. The molecule has 0 aliphatic rings. The molecule has 2 N–H and O–H groups in total. The maximum atomic E-state index is 5.43. The first-order chi connectivity index (χ1) is 6.24. The van der Waals surface area contributed by atoms with E-state index in [2.05, 4.69) is 31.0 Å². The van der Waals surface area contributed by atoms with Gasteiger partial charge in [0.05, 0.1) is 0 Å². The lowest BCUT2D eigenvalue weighted by molar-refractivity contribution is 0.799. The van der Waals surface area contributed by atoms with E-state index >= 15 is 0 Å². The summed E-state index contributed by atoms with van der Waals surface area (Å²) >= 11 is 0. The monoisotopic (exact) mass is 178 g/mol. The van der Waals surface area contributed by atoms with Crippen LogP contribution in [0.25, 0.3) is 0 Å². The highest BCUT2D eigenvalue weighted by Gasteiger charge is 1.99. The van der Waals surface area contributed by atoms with Crippen LogP contribution in [0, 0.1) is 0 Å². The molecule has 72 valence electrons. The van der Waals surface area contributed by atoms with Gasteiger partial charge >= 0.3 is 0 Å². The van der Waals surface area contributed by atoms with Crippen LogP contribution in [-0.2, 0) is 6.42 Å². The Kier molecular flexibility index (Phi) is 3.90. The van der Waals surface area contributed by atoms with Crippen LogP contribution < -0.4 is 5.73 Å². The molecule has 0 saturated heterocycles. The van der Waals surface area contributed by atoms with Crippen molar-refractivity contribution in [3.63, 3.8) is 0 Å². The van der Waals surface area contributed by atoms with Gasteiger partial charge in [-0.15, -0.1) is 0 Å². The molecule has 0 atom stereocenters. The molecule has 0 aromatic carbocycles. The van der Waals surface area contributed by atoms with Crippen LogP contribution in [0.15, 0.2) is 18.3 Å². The minimum absolute atomic E-state index is 0.566. The molecule has 0 aliphatic carbocycles. The van der Waals surface area contributed by atoms with E-state index < -0.39 is 0 Å². The second kappa shape index (κ2) is 4.97. The second-order valence-electron chi connectivity index (χ2n) is 3.63. The van der Waals surface area contributed by atoms with Gasteiger partial charge in [0, 0.05) is 11.9 Å². The van der Waals surface area contributed by atoms with Crippen LogP contribution in [0.4, 0.5) is 0 Å². The van der Waals surface area contributed by atoms with E-state index in [4.69, 9.17) is 5.73 Å². The third-order valence-corrected chi connectivity index (χ3v) is 2.15. The molecule has 13 heavy (non-hydrogen) atoms. The Morgan fingerprint density at radius 1 is 1.38 bits per heavy atom. The van der Waals surface area contributed by atoms with E-state index in [9.17, 15) is 0 Å². The molecule has 0 saturated carbocycles. The Bertz CT molecular complexity index is 239. The summed E-state index contributed by atoms with van der Waals surface area (Å²) in [6.45, 7) is 5.10. The van der Waals surface area contributed by atoms with Gasteiger partial charge in [0.25, 0.3) is 0 Å². The summed E-state index contributed by atoms with van der Waals surface area (Å²) in [6, 6.07) is 4.26. The Balaban J connectivity index is 2.59. The molecule has 0 aliphatic heterocycles. The van der Waals surface area contributed by atoms with E-state index in [0.29, 0.717) is 5.92 Å². The average molecular weight is 178 g/mol. The molecular weight excluding hydrogens is 160 g/mol. The van der Waals surface area contributed by atoms with Crippen molar-refractivity contribution < 1.29 is 0 Å². The van der Waals surface area contributed by atoms with Crippen LogP contribution in [0.2, 0.25) is 0 Å². The fourth-order valence-electron chi connectivity index (χ4n) is 1.21. The third-order valence-electron chi connectivity index (χ3n) is 2.15. The zero-order chi connectivity index (χ0) is 9.68. The maximum Gasteiger partial charge on any atom is 0.0404 e. The number of aryl methyl sites for hydroxylation is 1. The first-order valence-electron chi connectivity index (χ1n) is 4.89. The lowest BCUT2D eigenvalue weighted by Crippen LogP contribution is -2.01. The third kappa shape index (κ3) is 3.15. The van der Waals surface area contributed by atoms with Crippen LogP contribution >= 0.6 is 0 Å². The van der Waals surface area contributed by atoms with E-state index in [0.717, 1.165) is 25.1 Å². The van der Waals surface area contributed by atoms with Crippen molar-refractivity contribution in [3.05, 3.63) is 29.6 Å². The lowest BCUT2D eigenvalue weighted by Gasteiger charge is -2.05. The predicted octanol–water partition coefficient (Wildman–Crippen LogP) is 2.10. The minimum Gasteiger partial charge on any atom is -0.330 e. The molecular formula is C11H18N2. The highest BCUT2D eigenvalue weighted by atomic mass is 14.7. The van der Waals surface area contributed by atoms with Crippen molar-refractivity contribution in [3.8, 4) is 0 Å². The predicted molar refractivity (Wildman–Crippen MR) is 55.7 cm³/mol. The summed E-state index contributed by atoms with van der Waals surface area (Å²) in [5.41, 5.74) is 7.88. The summed E-state index contributed by atoms with van der Waals surface area (Å²) in [5.74, 6) is 0.566. The molecule has 0 amide bonds. The number of pyridine rings is 1. The van der Waals surface area contributed by atoms with Gasteiger partial charge in [-0.25, -0.2) is 0 Å². The standard InChI is InChI=1S/C11H18N2/c1-9(2)10-5-6-11(13-8-10)4-3-7-12/h5-6,8-9H,3-4,7,12H2,1-2H3. The molecule has 0 fully saturated rings. The number of rotatable bonds is 4. The molecule has 0 radical (unpaired) electrons. The van der Waals surface area contributed by atoms with Crippen LogP contribution in [-0.4, -0.2) is 11.5 Å². The van der Waals surface area contributed by atoms with Gasteiger partial charge in [-0.1, -0.05) is 19.9 Å². The van der Waals surface area contributed by atoms with E-state index in [-0.39, 0.29) is 0 Å². The highest BCUT2D eigenvalue weighted by Crippen LogP contribution is 2.12. The highest BCUT2D eigenvalue weighted by molar-refractivity contribution is 5.17. The molecule has 2 heteroatoms. The lowest BCUT2D eigenvalue weighted by atomic mass is 10.1. The molecule has 1 rings (SSSR count). The van der Waals surface area contributed by atoms with Crippen molar-refractivity contribution >= 4 is 0 Å². The Labute approximate surface area is 80.2 Å². The quantitative estimate of drug-likeness (QED) is 0.766. The van der Waals surface area contributed by atoms with Crippen LogP contribution in [0.3, 0.4) is 0 Å². The summed E-state index contributed by atoms with van der Waals surface area (Å²) in [5, 5.41) is 0. The van der Waals surface area contributed by atoms with Crippen LogP contribution in [0.1, 0.15) is 37.4 Å². The van der Waals surface area contributed by atoms with E-state index in [1.807, 2.05) is 6.20 Å². The largest absolute Gasteiger partial charge is 0.330 e. The smallest absolute Gasteiger partial charge is 0.0404 e. The van der Waals surface area contributed by atoms with Gasteiger partial charge in [-0.05, 0) is 36.9 Å². The summed E-state index contributed by atoms with van der Waals surface area (Å²) in [7, 11) is 0. The molecule has 1 aromatic rings. The molecule has 1 aromatic heterocycles. The van der Waals surface area contributed by atoms with Gasteiger partial charge in [-0.2, -0.15) is 0 Å². The minimum atomic E-state index is 0.566. The van der Waals surface area contributed by atoms with Crippen molar-refractivity contribution in [1.29, 1.82) is 0 Å². The average Bonchev–Trinajstić information content (AvgIpc) is 2.15. The fraction of sp³-hybridized carbons (Fsp3) is 0.545. The number of nitrogens with zero attached hydrogens (tertiary/aromatic N) is 1. The van der Waals surface area contributed by atoms with Gasteiger partial charge in [0.1, 0.15) is 0 Å². The SMILES string of the molecule is CC(C)c1ccc(CCCN)nc1. The van der Waals surface area contributed by atoms with Crippen molar-refractivity contribution in [2.45, 2.75) is 32.6 Å². The molecule has 0 bridgehead atoms. The van der Waals surface area contributed by atoms with Gasteiger partial charge < -0.3 is 5.73 Å². The van der Waals surface area contributed by atoms with Crippen molar-refractivity contribution in [2.75, 3.05) is 6.54 Å². The second-order valence-corrected chi connectivity index (χ2v) is 3.63. The maximum absolute atomic E-state index is 5.43. The Morgan fingerprint density at radius 3 is 2.62 bits per heavy atom.